The van der Waals surface area contributed by atoms with Gasteiger partial charge in [-0.3, -0.25) is 4.79 Å². The number of Topliss-reactive ketones (excluding diaryl/α,β-unsaturated/α-hetero) is 1. The second kappa shape index (κ2) is 7.60. The van der Waals surface area contributed by atoms with Crippen molar-refractivity contribution in [1.82, 2.24) is 0 Å². The first-order valence-electron chi connectivity index (χ1n) is 8.44. The number of fused-ring (bicyclic) bond motifs is 1. The second-order valence-electron chi connectivity index (χ2n) is 6.45. The van der Waals surface area contributed by atoms with Crippen LogP contribution in [0.25, 0.3) is 0 Å². The van der Waals surface area contributed by atoms with E-state index < -0.39 is 6.10 Å². The molecule has 0 saturated heterocycles. The van der Waals surface area contributed by atoms with Crippen molar-refractivity contribution < 1.29 is 19.5 Å². The summed E-state index contributed by atoms with van der Waals surface area (Å²) in [6.07, 6.45) is 0.559. The highest BCUT2D eigenvalue weighted by molar-refractivity contribution is 5.94. The third kappa shape index (κ3) is 4.22. The topological polar surface area (TPSA) is 51.0 Å². The number of benzene rings is 2. The van der Waals surface area contributed by atoms with Crippen LogP contribution in [0.15, 0.2) is 48.5 Å². The summed E-state index contributed by atoms with van der Waals surface area (Å²) in [6.45, 7) is 4.49. The van der Waals surface area contributed by atoms with E-state index in [1.165, 1.54) is 16.0 Å². The Bertz CT molecular complexity index is 696. The van der Waals surface area contributed by atoms with Crippen LogP contribution < -0.4 is 9.64 Å². The zero-order chi connectivity index (χ0) is 16.9. The van der Waals surface area contributed by atoms with Crippen molar-refractivity contribution in [3.63, 3.8) is 0 Å². The van der Waals surface area contributed by atoms with Gasteiger partial charge in [-0.2, -0.15) is 0 Å². The number of nitrogens with one attached hydrogen (secondary N) is 1. The van der Waals surface area contributed by atoms with Crippen molar-refractivity contribution in [2.24, 2.45) is 0 Å². The molecule has 0 radical (unpaired) electrons. The van der Waals surface area contributed by atoms with Gasteiger partial charge in [0.1, 0.15) is 31.5 Å². The fourth-order valence-corrected chi connectivity index (χ4v) is 3.19. The molecule has 1 aliphatic rings. The van der Waals surface area contributed by atoms with Crippen molar-refractivity contribution in [2.45, 2.75) is 26.0 Å². The zero-order valence-corrected chi connectivity index (χ0v) is 14.0. The van der Waals surface area contributed by atoms with E-state index in [2.05, 4.69) is 24.3 Å². The molecule has 2 aromatic carbocycles. The molecular weight excluding hydrogens is 302 g/mol. The van der Waals surface area contributed by atoms with Gasteiger partial charge in [-0.05, 0) is 36.8 Å². The highest BCUT2D eigenvalue weighted by Crippen LogP contribution is 2.13. The van der Waals surface area contributed by atoms with Crippen molar-refractivity contribution in [3.8, 4) is 5.75 Å². The lowest BCUT2D eigenvalue weighted by Crippen LogP contribution is -3.13. The largest absolute Gasteiger partial charge is 0.491 e. The number of hydrogen-bond donors (Lipinski definition) is 2. The van der Waals surface area contributed by atoms with E-state index in [-0.39, 0.29) is 12.4 Å². The van der Waals surface area contributed by atoms with Gasteiger partial charge in [0.25, 0.3) is 0 Å². The Kier molecular flexibility index (Phi) is 5.28. The van der Waals surface area contributed by atoms with Crippen LogP contribution in [0, 0.1) is 0 Å². The van der Waals surface area contributed by atoms with Gasteiger partial charge in [0, 0.05) is 17.5 Å². The normalized spacial score (nSPS) is 17.8. The number of ether oxygens (including phenoxy) is 1. The molecule has 2 atom stereocenters. The Morgan fingerprint density at radius 2 is 1.88 bits per heavy atom. The number of carbonyl (C=O) groups excluding carboxylic acids is 1. The van der Waals surface area contributed by atoms with E-state index in [9.17, 15) is 9.90 Å². The molecule has 0 aromatic heterocycles. The Morgan fingerprint density at radius 1 is 1.17 bits per heavy atom. The van der Waals surface area contributed by atoms with Gasteiger partial charge < -0.3 is 14.7 Å². The summed E-state index contributed by atoms with van der Waals surface area (Å²) in [7, 11) is 0. The average Bonchev–Trinajstić information content (AvgIpc) is 2.60. The Hall–Kier alpha value is -2.17. The quantitative estimate of drug-likeness (QED) is 0.786. The molecule has 2 aromatic rings. The Labute approximate surface area is 142 Å². The van der Waals surface area contributed by atoms with Crippen LogP contribution in [0.2, 0.25) is 0 Å². The summed E-state index contributed by atoms with van der Waals surface area (Å²) in [5.41, 5.74) is 3.48. The van der Waals surface area contributed by atoms with Gasteiger partial charge >= 0.3 is 0 Å². The minimum absolute atomic E-state index is 0.0376. The molecule has 4 nitrogen and oxygen atoms in total. The monoisotopic (exact) mass is 326 g/mol. The fraction of sp³-hybridized carbons (Fsp3) is 0.350. The van der Waals surface area contributed by atoms with Gasteiger partial charge in [0.2, 0.25) is 0 Å². The summed E-state index contributed by atoms with van der Waals surface area (Å²) >= 11 is 0. The van der Waals surface area contributed by atoms with Gasteiger partial charge in [-0.15, -0.1) is 0 Å². The van der Waals surface area contributed by atoms with Crippen LogP contribution in [0.5, 0.6) is 5.75 Å². The molecule has 2 N–H and O–H groups in total. The summed E-state index contributed by atoms with van der Waals surface area (Å²) in [4.78, 5) is 12.6. The molecule has 1 unspecified atom stereocenters. The highest BCUT2D eigenvalue weighted by Gasteiger charge is 2.21. The lowest BCUT2D eigenvalue weighted by molar-refractivity contribution is -0.918. The molecule has 24 heavy (non-hydrogen) atoms. The first-order chi connectivity index (χ1) is 11.6. The van der Waals surface area contributed by atoms with Crippen LogP contribution in [0.1, 0.15) is 28.4 Å². The van der Waals surface area contributed by atoms with E-state index in [0.29, 0.717) is 17.9 Å². The fourth-order valence-electron chi connectivity index (χ4n) is 3.19. The molecule has 1 heterocycles. The van der Waals surface area contributed by atoms with E-state index in [1.54, 1.807) is 31.2 Å². The molecule has 3 rings (SSSR count). The molecule has 1 aliphatic heterocycles. The van der Waals surface area contributed by atoms with Crippen LogP contribution in [0.4, 0.5) is 0 Å². The highest BCUT2D eigenvalue weighted by atomic mass is 16.5. The molecule has 0 aliphatic carbocycles. The van der Waals surface area contributed by atoms with E-state index in [4.69, 9.17) is 4.74 Å². The number of hydrogen-bond acceptors (Lipinski definition) is 3. The Balaban J connectivity index is 1.48. The van der Waals surface area contributed by atoms with Crippen LogP contribution in [-0.4, -0.2) is 36.7 Å². The number of ketones is 1. The minimum atomic E-state index is -0.502. The maximum absolute atomic E-state index is 11.2. The summed E-state index contributed by atoms with van der Waals surface area (Å²) in [6, 6.07) is 15.6. The number of rotatable bonds is 6. The molecule has 0 spiro atoms. The summed E-state index contributed by atoms with van der Waals surface area (Å²) < 4.78 is 5.64. The van der Waals surface area contributed by atoms with Gasteiger partial charge in [-0.1, -0.05) is 24.3 Å². The van der Waals surface area contributed by atoms with E-state index >= 15 is 0 Å². The SMILES string of the molecule is CC(=O)c1ccc(OC[C@H](O)C[NH+]2CCc3ccccc3C2)cc1. The molecule has 0 amide bonds. The molecule has 0 bridgehead atoms. The van der Waals surface area contributed by atoms with Crippen molar-refractivity contribution in [1.29, 1.82) is 0 Å². The van der Waals surface area contributed by atoms with Crippen molar-refractivity contribution >= 4 is 5.78 Å². The Morgan fingerprint density at radius 3 is 2.58 bits per heavy atom. The molecular formula is C20H24NO3+. The number of aliphatic hydroxyl groups is 1. The second-order valence-corrected chi connectivity index (χ2v) is 6.45. The summed E-state index contributed by atoms with van der Waals surface area (Å²) in [5.74, 6) is 0.716. The molecule has 126 valence electrons. The van der Waals surface area contributed by atoms with Gasteiger partial charge in [0.15, 0.2) is 5.78 Å². The van der Waals surface area contributed by atoms with Gasteiger partial charge in [-0.25, -0.2) is 0 Å². The van der Waals surface area contributed by atoms with Crippen molar-refractivity contribution in [3.05, 3.63) is 65.2 Å². The van der Waals surface area contributed by atoms with Crippen LogP contribution in [0.3, 0.4) is 0 Å². The molecule has 0 saturated carbocycles. The number of carbonyl (C=O) groups is 1. The predicted molar refractivity (Wildman–Crippen MR) is 92.5 cm³/mol. The maximum Gasteiger partial charge on any atom is 0.159 e. The number of aliphatic hydroxyl groups excluding tert-OH is 1. The molecule has 4 heteroatoms. The average molecular weight is 326 g/mol. The lowest BCUT2D eigenvalue weighted by Gasteiger charge is -2.27. The third-order valence-electron chi connectivity index (χ3n) is 4.53. The molecule has 0 fully saturated rings. The smallest absolute Gasteiger partial charge is 0.159 e. The van der Waals surface area contributed by atoms with Gasteiger partial charge in [0.05, 0.1) is 6.54 Å². The van der Waals surface area contributed by atoms with Crippen LogP contribution in [-0.2, 0) is 13.0 Å². The minimum Gasteiger partial charge on any atom is -0.491 e. The number of quaternary nitrogens is 1. The van der Waals surface area contributed by atoms with Crippen molar-refractivity contribution in [2.75, 3.05) is 19.7 Å². The third-order valence-corrected chi connectivity index (χ3v) is 4.53. The van der Waals surface area contributed by atoms with Crippen LogP contribution >= 0.6 is 0 Å². The standard InChI is InChI=1S/C20H23NO3/c1-15(22)16-6-8-20(9-7-16)24-14-19(23)13-21-11-10-17-4-2-3-5-18(17)12-21/h2-9,19,23H,10-14H2,1H3/p+1/t19-/m1/s1. The predicted octanol–water partition coefficient (Wildman–Crippen LogP) is 1.27. The maximum atomic E-state index is 11.2. The summed E-state index contributed by atoms with van der Waals surface area (Å²) in [5, 5.41) is 10.3. The van der Waals surface area contributed by atoms with E-state index in [1.807, 2.05) is 0 Å². The lowest BCUT2D eigenvalue weighted by atomic mass is 10.00. The van der Waals surface area contributed by atoms with E-state index in [0.717, 1.165) is 19.5 Å². The first-order valence-corrected chi connectivity index (χ1v) is 8.44. The first kappa shape index (κ1) is 16.7. The zero-order valence-electron chi connectivity index (χ0n) is 14.0.